The van der Waals surface area contributed by atoms with Crippen molar-refractivity contribution in [2.24, 2.45) is 0 Å². The average Bonchev–Trinajstić information content (AvgIpc) is 2.40. The third kappa shape index (κ3) is 3.39. The highest BCUT2D eigenvalue weighted by atomic mass is 14.9. The molecule has 1 N–H and O–H groups in total. The molecule has 0 aromatic heterocycles. The lowest BCUT2D eigenvalue weighted by molar-refractivity contribution is 0.330. The van der Waals surface area contributed by atoms with Gasteiger partial charge in [-0.1, -0.05) is 57.9 Å². The summed E-state index contributed by atoms with van der Waals surface area (Å²) >= 11 is 0. The fraction of sp³-hybridized carbons (Fsp3) is 0.667. The van der Waals surface area contributed by atoms with Crippen LogP contribution in [-0.4, -0.2) is 6.04 Å². The summed E-state index contributed by atoms with van der Waals surface area (Å²) in [7, 11) is 0. The molecule has 2 unspecified atom stereocenters. The van der Waals surface area contributed by atoms with E-state index in [0.29, 0.717) is 17.5 Å². The van der Waals surface area contributed by atoms with Crippen molar-refractivity contribution in [1.82, 2.24) is 5.32 Å². The van der Waals surface area contributed by atoms with Gasteiger partial charge in [-0.25, -0.2) is 0 Å². The summed E-state index contributed by atoms with van der Waals surface area (Å²) < 4.78 is 0. The van der Waals surface area contributed by atoms with Crippen LogP contribution in [0.4, 0.5) is 0 Å². The molecule has 2 rings (SSSR count). The van der Waals surface area contributed by atoms with Crippen LogP contribution >= 0.6 is 0 Å². The lowest BCUT2D eigenvalue weighted by atomic mass is 9.71. The summed E-state index contributed by atoms with van der Waals surface area (Å²) in [5.74, 6) is 0. The molecule has 2 atom stereocenters. The Hall–Kier alpha value is -0.820. The van der Waals surface area contributed by atoms with Gasteiger partial charge in [-0.3, -0.25) is 0 Å². The molecule has 1 aromatic carbocycles. The molecule has 1 aliphatic carbocycles. The minimum atomic E-state index is 0.335. The van der Waals surface area contributed by atoms with Crippen molar-refractivity contribution in [3.8, 4) is 0 Å². The van der Waals surface area contributed by atoms with Gasteiger partial charge in [0.15, 0.2) is 0 Å². The third-order valence-corrected chi connectivity index (χ3v) is 4.60. The average molecular weight is 259 g/mol. The maximum absolute atomic E-state index is 3.85. The Balaban J connectivity index is 2.12. The number of nitrogens with one attached hydrogen (secondary N) is 1. The minimum Gasteiger partial charge on any atom is -0.307 e. The first-order valence-corrected chi connectivity index (χ1v) is 7.90. The first-order valence-electron chi connectivity index (χ1n) is 7.90. The molecule has 0 radical (unpaired) electrons. The molecule has 1 aromatic rings. The van der Waals surface area contributed by atoms with E-state index < -0.39 is 0 Å². The first kappa shape index (κ1) is 14.6. The zero-order chi connectivity index (χ0) is 13.9. The van der Waals surface area contributed by atoms with Crippen molar-refractivity contribution in [3.63, 3.8) is 0 Å². The van der Waals surface area contributed by atoms with E-state index in [0.717, 1.165) is 0 Å². The molecule has 0 spiro atoms. The van der Waals surface area contributed by atoms with Crippen LogP contribution in [0.1, 0.15) is 77.0 Å². The van der Waals surface area contributed by atoms with Crippen LogP contribution in [0.25, 0.3) is 0 Å². The van der Waals surface area contributed by atoms with Crippen molar-refractivity contribution < 1.29 is 0 Å². The molecule has 1 aliphatic rings. The minimum absolute atomic E-state index is 0.335. The maximum Gasteiger partial charge on any atom is 0.0325 e. The Bertz CT molecular complexity index is 408. The Morgan fingerprint density at radius 1 is 1.32 bits per heavy atom. The standard InChI is InChI=1S/C18H29N/c1-5-6-9-14(2)19-17-12-13-18(3,4)16-11-8-7-10-15(16)17/h7-8,10-11,14,17,19H,5-6,9,12-13H2,1-4H3. The van der Waals surface area contributed by atoms with E-state index in [-0.39, 0.29) is 0 Å². The molecule has 0 heterocycles. The second-order valence-corrected chi connectivity index (χ2v) is 6.77. The van der Waals surface area contributed by atoms with Gasteiger partial charge in [-0.05, 0) is 42.7 Å². The zero-order valence-electron chi connectivity index (χ0n) is 13.0. The summed E-state index contributed by atoms with van der Waals surface area (Å²) in [4.78, 5) is 0. The van der Waals surface area contributed by atoms with Gasteiger partial charge < -0.3 is 5.32 Å². The fourth-order valence-electron chi connectivity index (χ4n) is 3.32. The van der Waals surface area contributed by atoms with E-state index in [9.17, 15) is 0 Å². The molecule has 0 saturated heterocycles. The Morgan fingerprint density at radius 3 is 2.79 bits per heavy atom. The summed E-state index contributed by atoms with van der Waals surface area (Å²) in [6, 6.07) is 10.2. The van der Waals surface area contributed by atoms with Gasteiger partial charge in [0.1, 0.15) is 0 Å². The maximum atomic E-state index is 3.85. The van der Waals surface area contributed by atoms with Gasteiger partial charge in [0, 0.05) is 12.1 Å². The predicted molar refractivity (Wildman–Crippen MR) is 83.6 cm³/mol. The summed E-state index contributed by atoms with van der Waals surface area (Å²) in [5, 5.41) is 3.85. The molecule has 1 nitrogen and oxygen atoms in total. The number of unbranched alkanes of at least 4 members (excludes halogenated alkanes) is 1. The lowest BCUT2D eigenvalue weighted by Crippen LogP contribution is -2.36. The van der Waals surface area contributed by atoms with Gasteiger partial charge in [0.2, 0.25) is 0 Å². The molecule has 0 saturated carbocycles. The van der Waals surface area contributed by atoms with Gasteiger partial charge in [-0.15, -0.1) is 0 Å². The smallest absolute Gasteiger partial charge is 0.0325 e. The van der Waals surface area contributed by atoms with Crippen LogP contribution in [0, 0.1) is 0 Å². The number of rotatable bonds is 5. The van der Waals surface area contributed by atoms with E-state index in [4.69, 9.17) is 0 Å². The molecule has 0 amide bonds. The summed E-state index contributed by atoms with van der Waals surface area (Å²) in [6.07, 6.45) is 6.45. The third-order valence-electron chi connectivity index (χ3n) is 4.60. The van der Waals surface area contributed by atoms with Crippen molar-refractivity contribution in [2.75, 3.05) is 0 Å². The van der Waals surface area contributed by atoms with Crippen LogP contribution in [0.5, 0.6) is 0 Å². The highest BCUT2D eigenvalue weighted by Gasteiger charge is 2.32. The van der Waals surface area contributed by atoms with Gasteiger partial charge in [0.25, 0.3) is 0 Å². The molecular weight excluding hydrogens is 230 g/mol. The summed E-state index contributed by atoms with van der Waals surface area (Å²) in [6.45, 7) is 9.36. The van der Waals surface area contributed by atoms with Crippen molar-refractivity contribution in [2.45, 2.75) is 77.3 Å². The normalized spacial score (nSPS) is 22.8. The zero-order valence-corrected chi connectivity index (χ0v) is 13.0. The van der Waals surface area contributed by atoms with E-state index in [1.165, 1.54) is 37.7 Å². The SMILES string of the molecule is CCCCC(C)NC1CCC(C)(C)c2ccccc21. The predicted octanol–water partition coefficient (Wildman–Crippen LogP) is 4.97. The quantitative estimate of drug-likeness (QED) is 0.787. The Morgan fingerprint density at radius 2 is 2.05 bits per heavy atom. The highest BCUT2D eigenvalue weighted by Crippen LogP contribution is 2.41. The number of hydrogen-bond donors (Lipinski definition) is 1. The van der Waals surface area contributed by atoms with Gasteiger partial charge in [-0.2, -0.15) is 0 Å². The van der Waals surface area contributed by atoms with Crippen molar-refractivity contribution in [1.29, 1.82) is 0 Å². The lowest BCUT2D eigenvalue weighted by Gasteiger charge is -2.38. The van der Waals surface area contributed by atoms with Crippen LogP contribution < -0.4 is 5.32 Å². The molecule has 1 heteroatoms. The fourth-order valence-corrected chi connectivity index (χ4v) is 3.32. The molecule has 0 bridgehead atoms. The van der Waals surface area contributed by atoms with Crippen LogP contribution in [0.15, 0.2) is 24.3 Å². The largest absolute Gasteiger partial charge is 0.307 e. The summed E-state index contributed by atoms with van der Waals surface area (Å²) in [5.41, 5.74) is 3.41. The van der Waals surface area contributed by atoms with Crippen LogP contribution in [-0.2, 0) is 5.41 Å². The topological polar surface area (TPSA) is 12.0 Å². The second kappa shape index (κ2) is 6.09. The number of benzene rings is 1. The van der Waals surface area contributed by atoms with Crippen molar-refractivity contribution >= 4 is 0 Å². The Kier molecular flexibility index (Phi) is 4.67. The van der Waals surface area contributed by atoms with Gasteiger partial charge >= 0.3 is 0 Å². The van der Waals surface area contributed by atoms with Crippen molar-refractivity contribution in [3.05, 3.63) is 35.4 Å². The van der Waals surface area contributed by atoms with Gasteiger partial charge in [0.05, 0.1) is 0 Å². The number of hydrogen-bond acceptors (Lipinski definition) is 1. The Labute approximate surface area is 118 Å². The highest BCUT2D eigenvalue weighted by molar-refractivity contribution is 5.38. The van der Waals surface area contributed by atoms with E-state index in [2.05, 4.69) is 57.3 Å². The van der Waals surface area contributed by atoms with Crippen LogP contribution in [0.3, 0.4) is 0 Å². The first-order chi connectivity index (χ1) is 9.04. The second-order valence-electron chi connectivity index (χ2n) is 6.77. The molecule has 0 aliphatic heterocycles. The number of fused-ring (bicyclic) bond motifs is 1. The van der Waals surface area contributed by atoms with Crippen LogP contribution in [0.2, 0.25) is 0 Å². The van der Waals surface area contributed by atoms with E-state index in [1.54, 1.807) is 5.56 Å². The monoisotopic (exact) mass is 259 g/mol. The molecule has 106 valence electrons. The molecular formula is C18H29N. The van der Waals surface area contributed by atoms with E-state index in [1.807, 2.05) is 0 Å². The van der Waals surface area contributed by atoms with E-state index >= 15 is 0 Å². The molecule has 0 fully saturated rings. The molecule has 19 heavy (non-hydrogen) atoms.